The van der Waals surface area contributed by atoms with Crippen molar-refractivity contribution in [3.8, 4) is 0 Å². The number of aromatic nitrogens is 1. The summed E-state index contributed by atoms with van der Waals surface area (Å²) in [5.41, 5.74) is 3.17. The van der Waals surface area contributed by atoms with Gasteiger partial charge in [-0.1, -0.05) is 24.3 Å². The molecule has 0 saturated carbocycles. The van der Waals surface area contributed by atoms with Crippen molar-refractivity contribution in [2.45, 2.75) is 13.0 Å². The van der Waals surface area contributed by atoms with Gasteiger partial charge in [-0.25, -0.2) is 0 Å². The molecular formula is C21H22N4O3. The summed E-state index contributed by atoms with van der Waals surface area (Å²) in [6.07, 6.45) is 3.14. The normalized spacial score (nSPS) is 16.5. The zero-order valence-electron chi connectivity index (χ0n) is 15.6. The van der Waals surface area contributed by atoms with Crippen LogP contribution in [0.25, 0.3) is 0 Å². The fraction of sp³-hybridized carbons (Fsp3) is 0.333. The van der Waals surface area contributed by atoms with Crippen LogP contribution in [0.2, 0.25) is 0 Å². The van der Waals surface area contributed by atoms with Crippen LogP contribution in [-0.2, 0) is 17.8 Å². The van der Waals surface area contributed by atoms with Crippen molar-refractivity contribution in [3.63, 3.8) is 0 Å². The minimum absolute atomic E-state index is 0.133. The molecule has 0 bridgehead atoms. The molecule has 3 heterocycles. The summed E-state index contributed by atoms with van der Waals surface area (Å²) >= 11 is 0. The van der Waals surface area contributed by atoms with E-state index >= 15 is 0 Å². The number of fused-ring (bicyclic) bond motifs is 1. The van der Waals surface area contributed by atoms with Crippen LogP contribution >= 0.6 is 0 Å². The third kappa shape index (κ3) is 3.60. The summed E-state index contributed by atoms with van der Waals surface area (Å²) < 4.78 is 0. The second-order valence-electron chi connectivity index (χ2n) is 7.11. The largest absolute Gasteiger partial charge is 0.342 e. The quantitative estimate of drug-likeness (QED) is 0.752. The number of carbonyl (C=O) groups excluding carboxylic acids is 3. The van der Waals surface area contributed by atoms with Crippen LogP contribution < -0.4 is 0 Å². The van der Waals surface area contributed by atoms with E-state index in [-0.39, 0.29) is 17.5 Å². The summed E-state index contributed by atoms with van der Waals surface area (Å²) in [5, 5.41) is 0. The second kappa shape index (κ2) is 7.80. The second-order valence-corrected chi connectivity index (χ2v) is 7.11. The Balaban J connectivity index is 1.47. The Bertz CT molecular complexity index is 906. The average molecular weight is 378 g/mol. The summed E-state index contributed by atoms with van der Waals surface area (Å²) in [7, 11) is 0. The molecule has 0 aliphatic carbocycles. The fourth-order valence-corrected chi connectivity index (χ4v) is 3.72. The molecule has 0 N–H and O–H groups in total. The fourth-order valence-electron chi connectivity index (χ4n) is 3.72. The number of amides is 3. The van der Waals surface area contributed by atoms with Crippen LogP contribution in [0.5, 0.6) is 0 Å². The Kier molecular flexibility index (Phi) is 5.06. The molecule has 0 radical (unpaired) electrons. The number of hydrogen-bond acceptors (Lipinski definition) is 4. The lowest BCUT2D eigenvalue weighted by Gasteiger charge is -2.32. The van der Waals surface area contributed by atoms with E-state index in [0.29, 0.717) is 44.8 Å². The molecule has 0 spiro atoms. The van der Waals surface area contributed by atoms with Gasteiger partial charge in [0.2, 0.25) is 6.41 Å². The summed E-state index contributed by atoms with van der Waals surface area (Å²) in [5.74, 6) is -0.291. The van der Waals surface area contributed by atoms with Crippen LogP contribution in [0.1, 0.15) is 32.0 Å². The van der Waals surface area contributed by atoms with Crippen molar-refractivity contribution in [2.24, 2.45) is 0 Å². The predicted molar refractivity (Wildman–Crippen MR) is 103 cm³/mol. The average Bonchev–Trinajstić information content (AvgIpc) is 2.78. The van der Waals surface area contributed by atoms with Crippen LogP contribution in [0.3, 0.4) is 0 Å². The van der Waals surface area contributed by atoms with Crippen molar-refractivity contribution in [2.75, 3.05) is 32.7 Å². The van der Waals surface area contributed by atoms with Gasteiger partial charge in [0.05, 0.1) is 0 Å². The summed E-state index contributed by atoms with van der Waals surface area (Å²) in [6, 6.07) is 11.4. The van der Waals surface area contributed by atoms with Crippen LogP contribution in [0, 0.1) is 0 Å². The lowest BCUT2D eigenvalue weighted by Crippen LogP contribution is -2.48. The Hall–Kier alpha value is -3.22. The van der Waals surface area contributed by atoms with E-state index in [1.165, 1.54) is 11.8 Å². The maximum Gasteiger partial charge on any atom is 0.272 e. The number of hydrogen-bond donors (Lipinski definition) is 0. The predicted octanol–water partition coefficient (Wildman–Crippen LogP) is 1.19. The van der Waals surface area contributed by atoms with Gasteiger partial charge < -0.3 is 14.7 Å². The van der Waals surface area contributed by atoms with E-state index in [9.17, 15) is 14.4 Å². The zero-order valence-corrected chi connectivity index (χ0v) is 15.6. The van der Waals surface area contributed by atoms with Crippen molar-refractivity contribution < 1.29 is 14.4 Å². The summed E-state index contributed by atoms with van der Waals surface area (Å²) in [6.45, 7) is 3.24. The Morgan fingerprint density at radius 1 is 0.893 bits per heavy atom. The van der Waals surface area contributed by atoms with E-state index < -0.39 is 0 Å². The van der Waals surface area contributed by atoms with Gasteiger partial charge in [-0.15, -0.1) is 0 Å². The molecule has 7 nitrogen and oxygen atoms in total. The number of nitrogens with zero attached hydrogens (tertiary/aromatic N) is 4. The number of piperazine rings is 1. The third-order valence-corrected chi connectivity index (χ3v) is 5.39. The van der Waals surface area contributed by atoms with Gasteiger partial charge in [-0.05, 0) is 29.7 Å². The van der Waals surface area contributed by atoms with Crippen molar-refractivity contribution in [1.82, 2.24) is 19.7 Å². The first-order valence-electron chi connectivity index (χ1n) is 9.46. The molecule has 2 aromatic rings. The smallest absolute Gasteiger partial charge is 0.272 e. The molecule has 0 unspecified atom stereocenters. The maximum atomic E-state index is 12.9. The summed E-state index contributed by atoms with van der Waals surface area (Å²) in [4.78, 5) is 45.9. The SMILES string of the molecule is O=CN1CCN(C(=O)c2ccnc(C(=O)N3CCc4ccccc4C3)c2)CC1. The van der Waals surface area contributed by atoms with Crippen molar-refractivity contribution >= 4 is 18.2 Å². The molecule has 7 heteroatoms. The highest BCUT2D eigenvalue weighted by Gasteiger charge is 2.25. The minimum Gasteiger partial charge on any atom is -0.342 e. The van der Waals surface area contributed by atoms with E-state index in [1.807, 2.05) is 18.2 Å². The van der Waals surface area contributed by atoms with Gasteiger partial charge in [0, 0.05) is 51.0 Å². The number of benzene rings is 1. The van der Waals surface area contributed by atoms with Gasteiger partial charge in [0.1, 0.15) is 5.69 Å². The molecule has 3 amide bonds. The molecule has 4 rings (SSSR count). The standard InChI is InChI=1S/C21H22N4O3/c26-15-23-9-11-24(12-10-23)20(27)17-5-7-22-19(13-17)21(28)25-8-6-16-3-1-2-4-18(16)14-25/h1-5,7,13,15H,6,8-12,14H2. The molecule has 1 saturated heterocycles. The van der Waals surface area contributed by atoms with Gasteiger partial charge >= 0.3 is 0 Å². The number of carbonyl (C=O) groups is 3. The first-order valence-corrected chi connectivity index (χ1v) is 9.46. The van der Waals surface area contributed by atoms with Crippen LogP contribution in [0.4, 0.5) is 0 Å². The van der Waals surface area contributed by atoms with E-state index in [4.69, 9.17) is 0 Å². The molecule has 2 aliphatic heterocycles. The van der Waals surface area contributed by atoms with Gasteiger partial charge in [-0.3, -0.25) is 19.4 Å². The molecule has 0 atom stereocenters. The Morgan fingerprint density at radius 3 is 2.39 bits per heavy atom. The molecule has 2 aliphatic rings. The minimum atomic E-state index is -0.157. The lowest BCUT2D eigenvalue weighted by molar-refractivity contribution is -0.119. The van der Waals surface area contributed by atoms with Gasteiger partial charge in [0.15, 0.2) is 0 Å². The highest BCUT2D eigenvalue weighted by Crippen LogP contribution is 2.20. The van der Waals surface area contributed by atoms with E-state index in [2.05, 4.69) is 11.1 Å². The molecular weight excluding hydrogens is 356 g/mol. The Morgan fingerprint density at radius 2 is 1.64 bits per heavy atom. The van der Waals surface area contributed by atoms with Crippen molar-refractivity contribution in [3.05, 3.63) is 65.0 Å². The van der Waals surface area contributed by atoms with E-state index in [1.54, 1.807) is 26.8 Å². The first kappa shape index (κ1) is 18.2. The monoisotopic (exact) mass is 378 g/mol. The molecule has 1 aromatic carbocycles. The highest BCUT2D eigenvalue weighted by atomic mass is 16.2. The van der Waals surface area contributed by atoms with Crippen molar-refractivity contribution in [1.29, 1.82) is 0 Å². The van der Waals surface area contributed by atoms with Crippen LogP contribution in [-0.4, -0.2) is 70.6 Å². The Labute approximate surface area is 163 Å². The van der Waals surface area contributed by atoms with Gasteiger partial charge in [-0.2, -0.15) is 0 Å². The zero-order chi connectivity index (χ0) is 19.5. The number of pyridine rings is 1. The first-order chi connectivity index (χ1) is 13.7. The lowest BCUT2D eigenvalue weighted by atomic mass is 9.99. The highest BCUT2D eigenvalue weighted by molar-refractivity contribution is 5.98. The van der Waals surface area contributed by atoms with Crippen LogP contribution in [0.15, 0.2) is 42.6 Å². The molecule has 144 valence electrons. The maximum absolute atomic E-state index is 12.9. The van der Waals surface area contributed by atoms with E-state index in [0.717, 1.165) is 18.4 Å². The van der Waals surface area contributed by atoms with Gasteiger partial charge in [0.25, 0.3) is 11.8 Å². The molecule has 28 heavy (non-hydrogen) atoms. The number of rotatable bonds is 3. The molecule has 1 aromatic heterocycles. The topological polar surface area (TPSA) is 73.8 Å². The molecule has 1 fully saturated rings. The third-order valence-electron chi connectivity index (χ3n) is 5.39.